The van der Waals surface area contributed by atoms with Crippen molar-refractivity contribution in [3.8, 4) is 10.4 Å². The van der Waals surface area contributed by atoms with Crippen LogP contribution in [0.3, 0.4) is 0 Å². The Morgan fingerprint density at radius 2 is 1.90 bits per heavy atom. The van der Waals surface area contributed by atoms with Crippen molar-refractivity contribution in [1.29, 1.82) is 0 Å². The Bertz CT molecular complexity index is 639. The van der Waals surface area contributed by atoms with Crippen LogP contribution in [0.1, 0.15) is 27.2 Å². The maximum absolute atomic E-state index is 12.7. The van der Waals surface area contributed by atoms with Crippen LogP contribution in [0.5, 0.6) is 0 Å². The van der Waals surface area contributed by atoms with Gasteiger partial charge >= 0.3 is 0 Å². The Labute approximate surface area is 129 Å². The molecule has 0 radical (unpaired) electrons. The minimum atomic E-state index is -0.248. The molecule has 21 heavy (non-hydrogen) atoms. The quantitative estimate of drug-likeness (QED) is 0.835. The number of aliphatic hydroxyl groups is 1. The number of rotatable bonds is 5. The first-order chi connectivity index (χ1) is 9.95. The van der Waals surface area contributed by atoms with Crippen molar-refractivity contribution in [2.24, 2.45) is 0 Å². The molecule has 0 atom stereocenters. The molecule has 0 aliphatic heterocycles. The number of aromatic nitrogens is 1. The number of anilines is 1. The zero-order valence-corrected chi connectivity index (χ0v) is 13.5. The highest BCUT2D eigenvalue weighted by Gasteiger charge is 2.23. The summed E-state index contributed by atoms with van der Waals surface area (Å²) in [5.41, 5.74) is 1.43. The maximum Gasteiger partial charge on any atom is 0.285 e. The molecule has 0 bridgehead atoms. The topological polar surface area (TPSA) is 54.3 Å². The molecule has 114 valence electrons. The largest absolute Gasteiger partial charge is 0.396 e. The van der Waals surface area contributed by atoms with Gasteiger partial charge in [0.2, 0.25) is 0 Å². The summed E-state index contributed by atoms with van der Waals surface area (Å²) >= 11 is 1.48. The highest BCUT2D eigenvalue weighted by Crippen LogP contribution is 2.33. The zero-order valence-electron chi connectivity index (χ0n) is 12.7. The molecule has 5 heteroatoms. The molecule has 2 rings (SSSR count). The smallest absolute Gasteiger partial charge is 0.285 e. The van der Waals surface area contributed by atoms with Gasteiger partial charge in [-0.2, -0.15) is 0 Å². The Morgan fingerprint density at radius 1 is 1.24 bits per heavy atom. The van der Waals surface area contributed by atoms with Gasteiger partial charge in [0.05, 0.1) is 10.4 Å². The molecule has 0 fully saturated rings. The summed E-state index contributed by atoms with van der Waals surface area (Å²) in [6.45, 7) is 6.78. The Kier molecular flexibility index (Phi) is 4.85. The van der Waals surface area contributed by atoms with Crippen LogP contribution < -0.4 is 10.9 Å². The Morgan fingerprint density at radius 3 is 2.48 bits per heavy atom. The number of aliphatic hydroxyl groups excluding tert-OH is 1. The van der Waals surface area contributed by atoms with Crippen LogP contribution >= 0.6 is 11.5 Å². The molecule has 1 heterocycles. The average Bonchev–Trinajstić information content (AvgIpc) is 2.78. The fourth-order valence-electron chi connectivity index (χ4n) is 2.05. The molecule has 0 aliphatic rings. The van der Waals surface area contributed by atoms with Crippen LogP contribution in [0.15, 0.2) is 35.1 Å². The lowest BCUT2D eigenvalue weighted by Gasteiger charge is -2.18. The first-order valence-corrected chi connectivity index (χ1v) is 7.89. The van der Waals surface area contributed by atoms with E-state index in [9.17, 15) is 4.79 Å². The predicted octanol–water partition coefficient (Wildman–Crippen LogP) is 3.13. The molecule has 4 nitrogen and oxygen atoms in total. The summed E-state index contributed by atoms with van der Waals surface area (Å²) in [4.78, 5) is 13.6. The van der Waals surface area contributed by atoms with Crippen LogP contribution in [0, 0.1) is 0 Å². The van der Waals surface area contributed by atoms with Crippen LogP contribution in [0.2, 0.25) is 0 Å². The molecule has 2 N–H and O–H groups in total. The van der Waals surface area contributed by atoms with E-state index in [4.69, 9.17) is 5.11 Å². The van der Waals surface area contributed by atoms with Gasteiger partial charge in [-0.3, -0.25) is 8.75 Å². The van der Waals surface area contributed by atoms with E-state index < -0.39 is 0 Å². The van der Waals surface area contributed by atoms with Crippen LogP contribution in [-0.4, -0.2) is 22.2 Å². The lowest BCUT2D eigenvalue weighted by Crippen LogP contribution is -2.30. The third-order valence-electron chi connectivity index (χ3n) is 3.09. The highest BCUT2D eigenvalue weighted by atomic mass is 32.1. The Hall–Kier alpha value is -1.59. The summed E-state index contributed by atoms with van der Waals surface area (Å²) in [6, 6.07) is 9.92. The zero-order chi connectivity index (χ0) is 15.5. The number of hydrogen-bond donors (Lipinski definition) is 2. The molecule has 2 aromatic rings. The predicted molar refractivity (Wildman–Crippen MR) is 89.2 cm³/mol. The fraction of sp³-hybridized carbons (Fsp3) is 0.438. The van der Waals surface area contributed by atoms with Gasteiger partial charge in [0.15, 0.2) is 0 Å². The number of benzene rings is 1. The molecular weight excluding hydrogens is 284 g/mol. The molecule has 0 aliphatic carbocycles. The van der Waals surface area contributed by atoms with E-state index in [1.807, 2.05) is 51.1 Å². The van der Waals surface area contributed by atoms with E-state index in [2.05, 4.69) is 5.32 Å². The minimum absolute atomic E-state index is 0.00397. The van der Waals surface area contributed by atoms with E-state index in [0.717, 1.165) is 10.4 Å². The normalized spacial score (nSPS) is 11.6. The summed E-state index contributed by atoms with van der Waals surface area (Å²) in [7, 11) is 0. The van der Waals surface area contributed by atoms with Gasteiger partial charge in [0.25, 0.3) is 5.56 Å². The standard InChI is InChI=1S/C16H22N2O2S/c1-16(2,3)18-15(20)13(17-10-7-11-19)14(21-18)12-8-5-4-6-9-12/h4-6,8-9,17,19H,7,10-11H2,1-3H3. The monoisotopic (exact) mass is 306 g/mol. The van der Waals surface area contributed by atoms with Gasteiger partial charge in [-0.05, 0) is 32.8 Å². The molecule has 0 spiro atoms. The maximum atomic E-state index is 12.7. The van der Waals surface area contributed by atoms with Gasteiger partial charge in [0, 0.05) is 13.2 Å². The van der Waals surface area contributed by atoms with Crippen LogP contribution in [0.4, 0.5) is 5.69 Å². The lowest BCUT2D eigenvalue weighted by atomic mass is 10.1. The van der Waals surface area contributed by atoms with E-state index in [-0.39, 0.29) is 17.7 Å². The molecule has 1 aromatic heterocycles. The van der Waals surface area contributed by atoms with Crippen molar-refractivity contribution in [1.82, 2.24) is 3.96 Å². The third kappa shape index (κ3) is 3.54. The number of nitrogens with one attached hydrogen (secondary N) is 1. The fourth-order valence-corrected chi connectivity index (χ4v) is 3.18. The average molecular weight is 306 g/mol. The number of hydrogen-bond acceptors (Lipinski definition) is 4. The summed E-state index contributed by atoms with van der Waals surface area (Å²) in [5.74, 6) is 0. The van der Waals surface area contributed by atoms with Gasteiger partial charge < -0.3 is 10.4 Å². The minimum Gasteiger partial charge on any atom is -0.396 e. The van der Waals surface area contributed by atoms with E-state index in [1.54, 1.807) is 3.96 Å². The van der Waals surface area contributed by atoms with Gasteiger partial charge in [-0.25, -0.2) is 0 Å². The molecule has 0 unspecified atom stereocenters. The van der Waals surface area contributed by atoms with Crippen molar-refractivity contribution < 1.29 is 5.11 Å². The summed E-state index contributed by atoms with van der Waals surface area (Å²) in [6.07, 6.45) is 0.624. The molecule has 0 amide bonds. The second kappa shape index (κ2) is 6.45. The first kappa shape index (κ1) is 15.8. The molecule has 1 aromatic carbocycles. The third-order valence-corrected chi connectivity index (χ3v) is 4.61. The van der Waals surface area contributed by atoms with Gasteiger partial charge in [-0.15, -0.1) is 0 Å². The van der Waals surface area contributed by atoms with Crippen molar-refractivity contribution in [3.63, 3.8) is 0 Å². The first-order valence-electron chi connectivity index (χ1n) is 7.12. The molecule has 0 saturated heterocycles. The Balaban J connectivity index is 2.49. The second-order valence-electron chi connectivity index (χ2n) is 5.94. The molecular formula is C16H22N2O2S. The van der Waals surface area contributed by atoms with Crippen molar-refractivity contribution in [2.45, 2.75) is 32.7 Å². The van der Waals surface area contributed by atoms with E-state index >= 15 is 0 Å². The van der Waals surface area contributed by atoms with Crippen molar-refractivity contribution in [2.75, 3.05) is 18.5 Å². The van der Waals surface area contributed by atoms with Crippen molar-refractivity contribution >= 4 is 17.2 Å². The SMILES string of the molecule is CC(C)(C)n1sc(-c2ccccc2)c(NCCCO)c1=O. The second-order valence-corrected chi connectivity index (χ2v) is 6.89. The van der Waals surface area contributed by atoms with E-state index in [1.165, 1.54) is 11.5 Å². The number of nitrogens with zero attached hydrogens (tertiary/aromatic N) is 1. The van der Waals surface area contributed by atoms with Crippen LogP contribution in [0.25, 0.3) is 10.4 Å². The summed E-state index contributed by atoms with van der Waals surface area (Å²) in [5, 5.41) is 12.1. The van der Waals surface area contributed by atoms with E-state index in [0.29, 0.717) is 18.7 Å². The summed E-state index contributed by atoms with van der Waals surface area (Å²) < 4.78 is 1.80. The highest BCUT2D eigenvalue weighted by molar-refractivity contribution is 7.11. The van der Waals surface area contributed by atoms with Crippen LogP contribution in [-0.2, 0) is 5.54 Å². The van der Waals surface area contributed by atoms with Gasteiger partial charge in [-0.1, -0.05) is 41.9 Å². The van der Waals surface area contributed by atoms with Crippen molar-refractivity contribution in [3.05, 3.63) is 40.7 Å². The van der Waals surface area contributed by atoms with Gasteiger partial charge in [0.1, 0.15) is 5.69 Å². The molecule has 0 saturated carbocycles. The lowest BCUT2D eigenvalue weighted by molar-refractivity contribution is 0.292.